The van der Waals surface area contributed by atoms with Gasteiger partial charge in [-0.1, -0.05) is 53.7 Å². The number of ether oxygens (including phenoxy) is 1. The first-order valence-electron chi connectivity index (χ1n) is 8.71. The molecule has 0 spiro atoms. The maximum absolute atomic E-state index is 12.5. The van der Waals surface area contributed by atoms with Crippen molar-refractivity contribution in [2.75, 3.05) is 0 Å². The van der Waals surface area contributed by atoms with Crippen molar-refractivity contribution in [1.29, 1.82) is 0 Å². The van der Waals surface area contributed by atoms with Gasteiger partial charge in [0.1, 0.15) is 5.75 Å². The summed E-state index contributed by atoms with van der Waals surface area (Å²) in [7, 11) is 0. The Morgan fingerprint density at radius 3 is 2.04 bits per heavy atom. The third kappa shape index (κ3) is 5.56. The number of aryl methyl sites for hydroxylation is 1. The Balaban J connectivity index is 2.85. The zero-order valence-corrected chi connectivity index (χ0v) is 15.9. The first-order valence-corrected chi connectivity index (χ1v) is 8.71. The van der Waals surface area contributed by atoms with Crippen LogP contribution in [0.2, 0.25) is 0 Å². The summed E-state index contributed by atoms with van der Waals surface area (Å²) in [4.78, 5) is 12.5. The molecule has 0 aromatic heterocycles. The molecule has 3 heteroatoms. The van der Waals surface area contributed by atoms with Gasteiger partial charge < -0.3 is 10.1 Å². The molecule has 0 saturated carbocycles. The van der Waals surface area contributed by atoms with E-state index in [1.54, 1.807) is 0 Å². The second kappa shape index (κ2) is 8.37. The van der Waals surface area contributed by atoms with Crippen LogP contribution >= 0.6 is 0 Å². The molecule has 1 rings (SSSR count). The number of hydrogen-bond donors (Lipinski definition) is 1. The lowest BCUT2D eigenvalue weighted by molar-refractivity contribution is -0.128. The number of amides is 1. The Morgan fingerprint density at radius 1 is 1.00 bits per heavy atom. The normalized spacial score (nSPS) is 13.0. The predicted octanol–water partition coefficient (Wildman–Crippen LogP) is 4.68. The lowest BCUT2D eigenvalue weighted by Gasteiger charge is -2.28. The van der Waals surface area contributed by atoms with Crippen molar-refractivity contribution in [2.45, 2.75) is 73.5 Å². The van der Waals surface area contributed by atoms with Crippen LogP contribution in [0.25, 0.3) is 0 Å². The fourth-order valence-electron chi connectivity index (χ4n) is 2.85. The highest BCUT2D eigenvalue weighted by molar-refractivity contribution is 5.81. The average Bonchev–Trinajstić information content (AvgIpc) is 2.43. The zero-order valence-electron chi connectivity index (χ0n) is 15.9. The molecule has 0 aliphatic carbocycles. The largest absolute Gasteiger partial charge is 0.481 e. The maximum Gasteiger partial charge on any atom is 0.261 e. The minimum atomic E-state index is -0.505. The molecule has 0 aliphatic rings. The number of benzene rings is 1. The van der Waals surface area contributed by atoms with Gasteiger partial charge in [-0.2, -0.15) is 0 Å². The molecule has 1 unspecified atom stereocenters. The number of hydrogen-bond acceptors (Lipinski definition) is 2. The van der Waals surface area contributed by atoms with Gasteiger partial charge in [-0.15, -0.1) is 0 Å². The number of rotatable bonds is 7. The zero-order chi connectivity index (χ0) is 17.7. The Hall–Kier alpha value is -1.51. The summed E-state index contributed by atoms with van der Waals surface area (Å²) in [6, 6.07) is 6.35. The van der Waals surface area contributed by atoms with Crippen molar-refractivity contribution < 1.29 is 9.53 Å². The molecule has 0 bridgehead atoms. The highest BCUT2D eigenvalue weighted by Gasteiger charge is 2.24. The predicted molar refractivity (Wildman–Crippen MR) is 97.0 cm³/mol. The molecule has 0 radical (unpaired) electrons. The highest BCUT2D eigenvalue weighted by Crippen LogP contribution is 2.28. The summed E-state index contributed by atoms with van der Waals surface area (Å²) < 4.78 is 6.00. The molecule has 1 N–H and O–H groups in total. The lowest BCUT2D eigenvalue weighted by Crippen LogP contribution is -2.47. The molecule has 1 amide bonds. The van der Waals surface area contributed by atoms with Gasteiger partial charge in [0.15, 0.2) is 6.10 Å². The van der Waals surface area contributed by atoms with Crippen LogP contribution in [-0.2, 0) is 4.79 Å². The second-order valence-corrected chi connectivity index (χ2v) is 7.48. The van der Waals surface area contributed by atoms with E-state index in [-0.39, 0.29) is 11.9 Å². The van der Waals surface area contributed by atoms with Gasteiger partial charge in [0.05, 0.1) is 0 Å². The van der Waals surface area contributed by atoms with E-state index in [9.17, 15) is 4.79 Å². The van der Waals surface area contributed by atoms with Crippen LogP contribution in [0, 0.1) is 18.8 Å². The van der Waals surface area contributed by atoms with E-state index < -0.39 is 6.10 Å². The smallest absolute Gasteiger partial charge is 0.261 e. The van der Waals surface area contributed by atoms with E-state index in [4.69, 9.17) is 4.74 Å². The minimum Gasteiger partial charge on any atom is -0.481 e. The number of carbonyl (C=O) groups is 1. The summed E-state index contributed by atoms with van der Waals surface area (Å²) in [5.74, 6) is 1.93. The molecular weight excluding hydrogens is 286 g/mol. The monoisotopic (exact) mass is 319 g/mol. The summed E-state index contributed by atoms with van der Waals surface area (Å²) in [6.07, 6.45) is -0.505. The Kier molecular flexibility index (Phi) is 7.11. The van der Waals surface area contributed by atoms with E-state index in [0.717, 1.165) is 16.9 Å². The van der Waals surface area contributed by atoms with Crippen LogP contribution < -0.4 is 10.1 Å². The number of carbonyl (C=O) groups excluding carboxylic acids is 1. The molecule has 1 aromatic rings. The van der Waals surface area contributed by atoms with Gasteiger partial charge >= 0.3 is 0 Å². The van der Waals surface area contributed by atoms with Gasteiger partial charge in [-0.25, -0.2) is 0 Å². The van der Waals surface area contributed by atoms with Crippen LogP contribution in [0.4, 0.5) is 0 Å². The lowest BCUT2D eigenvalue weighted by atomic mass is 9.93. The molecule has 23 heavy (non-hydrogen) atoms. The fraction of sp³-hybridized carbons (Fsp3) is 0.650. The Labute approximate surface area is 141 Å². The van der Waals surface area contributed by atoms with Crippen molar-refractivity contribution in [3.05, 3.63) is 29.3 Å². The molecule has 1 atom stereocenters. The van der Waals surface area contributed by atoms with Crippen LogP contribution in [0.1, 0.15) is 65.5 Å². The van der Waals surface area contributed by atoms with E-state index in [0.29, 0.717) is 17.8 Å². The summed E-state index contributed by atoms with van der Waals surface area (Å²) in [5, 5.41) is 3.14. The molecular formula is C20H33NO2. The topological polar surface area (TPSA) is 38.3 Å². The Morgan fingerprint density at radius 2 is 1.57 bits per heavy atom. The number of nitrogens with one attached hydrogen (secondary N) is 1. The van der Waals surface area contributed by atoms with E-state index in [1.165, 1.54) is 0 Å². The fourth-order valence-corrected chi connectivity index (χ4v) is 2.85. The third-order valence-corrected chi connectivity index (χ3v) is 4.21. The maximum atomic E-state index is 12.5. The Bertz CT molecular complexity index is 512. The standard InChI is InChI=1S/C20H33NO2/c1-12(2)17-10-9-15(7)11-18(17)23-16(8)20(22)21-19(13(3)4)14(5)6/h9-14,16,19H,1-8H3,(H,21,22). The van der Waals surface area contributed by atoms with E-state index in [1.807, 2.05) is 19.9 Å². The molecule has 3 nitrogen and oxygen atoms in total. The van der Waals surface area contributed by atoms with Crippen LogP contribution in [0.3, 0.4) is 0 Å². The van der Waals surface area contributed by atoms with Crippen LogP contribution in [0.5, 0.6) is 5.75 Å². The van der Waals surface area contributed by atoms with Crippen molar-refractivity contribution in [2.24, 2.45) is 11.8 Å². The van der Waals surface area contributed by atoms with Crippen molar-refractivity contribution in [3.63, 3.8) is 0 Å². The minimum absolute atomic E-state index is 0.0476. The third-order valence-electron chi connectivity index (χ3n) is 4.21. The first-order chi connectivity index (χ1) is 10.6. The van der Waals surface area contributed by atoms with Gasteiger partial charge in [-0.05, 0) is 48.8 Å². The first kappa shape index (κ1) is 19.5. The van der Waals surface area contributed by atoms with Crippen molar-refractivity contribution in [3.8, 4) is 5.75 Å². The summed E-state index contributed by atoms with van der Waals surface area (Å²) in [5.41, 5.74) is 2.28. The molecule has 0 fully saturated rings. The van der Waals surface area contributed by atoms with Gasteiger partial charge in [0, 0.05) is 6.04 Å². The molecule has 130 valence electrons. The highest BCUT2D eigenvalue weighted by atomic mass is 16.5. The molecule has 0 aliphatic heterocycles. The second-order valence-electron chi connectivity index (χ2n) is 7.48. The van der Waals surface area contributed by atoms with Gasteiger partial charge in [0.25, 0.3) is 5.91 Å². The average molecular weight is 319 g/mol. The molecule has 0 saturated heterocycles. The van der Waals surface area contributed by atoms with E-state index >= 15 is 0 Å². The van der Waals surface area contributed by atoms with Crippen molar-refractivity contribution >= 4 is 5.91 Å². The molecule has 1 aromatic carbocycles. The van der Waals surface area contributed by atoms with Crippen LogP contribution in [0.15, 0.2) is 18.2 Å². The van der Waals surface area contributed by atoms with Gasteiger partial charge in [0.2, 0.25) is 0 Å². The molecule has 0 heterocycles. The van der Waals surface area contributed by atoms with Crippen LogP contribution in [-0.4, -0.2) is 18.1 Å². The van der Waals surface area contributed by atoms with Gasteiger partial charge in [-0.3, -0.25) is 4.79 Å². The summed E-state index contributed by atoms with van der Waals surface area (Å²) >= 11 is 0. The van der Waals surface area contributed by atoms with Crippen molar-refractivity contribution in [1.82, 2.24) is 5.32 Å². The summed E-state index contributed by atoms with van der Waals surface area (Å²) in [6.45, 7) is 16.7. The SMILES string of the molecule is Cc1ccc(C(C)C)c(OC(C)C(=O)NC(C(C)C)C(C)C)c1. The van der Waals surface area contributed by atoms with E-state index in [2.05, 4.69) is 59.0 Å². The quantitative estimate of drug-likeness (QED) is 0.792.